The van der Waals surface area contributed by atoms with E-state index < -0.39 is 0 Å². The zero-order valence-electron chi connectivity index (χ0n) is 22.6. The van der Waals surface area contributed by atoms with E-state index in [2.05, 4.69) is 79.6 Å². The highest BCUT2D eigenvalue weighted by molar-refractivity contribution is 8.00. The minimum absolute atomic E-state index is 0.602. The average molecular weight is 535 g/mol. The van der Waals surface area contributed by atoms with Crippen molar-refractivity contribution in [1.82, 2.24) is 19.8 Å². The molecule has 2 aromatic heterocycles. The maximum absolute atomic E-state index is 5.51. The third-order valence-electron chi connectivity index (χ3n) is 7.22. The van der Waals surface area contributed by atoms with E-state index in [0.717, 1.165) is 86.4 Å². The number of nitrogens with one attached hydrogen (secondary N) is 1. The molecule has 2 fully saturated rings. The molecule has 2 saturated heterocycles. The van der Waals surface area contributed by atoms with Crippen molar-refractivity contribution in [3.05, 3.63) is 60.6 Å². The van der Waals surface area contributed by atoms with Gasteiger partial charge in [0, 0.05) is 63.6 Å². The van der Waals surface area contributed by atoms with Crippen LogP contribution in [-0.4, -0.2) is 85.4 Å². The number of morpholine rings is 1. The number of piperazine rings is 1. The van der Waals surface area contributed by atoms with Gasteiger partial charge >= 0.3 is 0 Å². The molecule has 202 valence electrons. The number of benzene rings is 1. The van der Waals surface area contributed by atoms with E-state index in [1.54, 1.807) is 7.11 Å². The van der Waals surface area contributed by atoms with Crippen LogP contribution in [0.4, 0.5) is 11.4 Å². The number of ether oxygens (including phenoxy) is 2. The molecule has 0 atom stereocenters. The Balaban J connectivity index is 1.21. The standard InChI is InChI=1S/C29H38N6O2S/c1-22(2)34-10-8-33(9-11-34)21-23-4-6-24(7-5-23)25-16-26(19-30-18-25)32-38-28-17-27(20-31-29(28)36-3)35-12-14-37-15-13-35/h4-7,16-20,22,32H,8-15,21H2,1-3H3. The summed E-state index contributed by atoms with van der Waals surface area (Å²) >= 11 is 1.49. The minimum Gasteiger partial charge on any atom is -0.480 e. The van der Waals surface area contributed by atoms with Crippen LogP contribution in [0.5, 0.6) is 5.88 Å². The number of anilines is 2. The Morgan fingerprint density at radius 1 is 0.947 bits per heavy atom. The first kappa shape index (κ1) is 26.7. The van der Waals surface area contributed by atoms with E-state index >= 15 is 0 Å². The molecule has 0 amide bonds. The fraction of sp³-hybridized carbons (Fsp3) is 0.448. The summed E-state index contributed by atoms with van der Waals surface area (Å²) in [5.74, 6) is 0.602. The van der Waals surface area contributed by atoms with Crippen LogP contribution in [-0.2, 0) is 11.3 Å². The molecule has 5 rings (SSSR count). The number of hydrogen-bond donors (Lipinski definition) is 1. The van der Waals surface area contributed by atoms with Crippen molar-refractivity contribution < 1.29 is 9.47 Å². The first-order valence-corrected chi connectivity index (χ1v) is 14.2. The summed E-state index contributed by atoms with van der Waals surface area (Å²) in [6, 6.07) is 13.8. The summed E-state index contributed by atoms with van der Waals surface area (Å²) < 4.78 is 14.4. The normalized spacial score (nSPS) is 17.1. The van der Waals surface area contributed by atoms with E-state index in [4.69, 9.17) is 9.47 Å². The predicted molar refractivity (Wildman–Crippen MR) is 155 cm³/mol. The van der Waals surface area contributed by atoms with Gasteiger partial charge in [-0.15, -0.1) is 0 Å². The van der Waals surface area contributed by atoms with Crippen molar-refractivity contribution in [3.8, 4) is 17.0 Å². The summed E-state index contributed by atoms with van der Waals surface area (Å²) in [5.41, 5.74) is 5.60. The molecule has 0 unspecified atom stereocenters. The van der Waals surface area contributed by atoms with E-state index in [0.29, 0.717) is 11.9 Å². The second-order valence-electron chi connectivity index (χ2n) is 10.1. The number of aromatic nitrogens is 2. The monoisotopic (exact) mass is 534 g/mol. The Morgan fingerprint density at radius 3 is 2.42 bits per heavy atom. The lowest BCUT2D eigenvalue weighted by Gasteiger charge is -2.36. The Labute approximate surface area is 230 Å². The van der Waals surface area contributed by atoms with Crippen molar-refractivity contribution >= 4 is 23.3 Å². The van der Waals surface area contributed by atoms with Gasteiger partial charge in [-0.2, -0.15) is 0 Å². The van der Waals surface area contributed by atoms with Crippen LogP contribution in [0.15, 0.2) is 59.9 Å². The van der Waals surface area contributed by atoms with Gasteiger partial charge in [0.25, 0.3) is 0 Å². The molecule has 0 spiro atoms. The molecule has 0 saturated carbocycles. The lowest BCUT2D eigenvalue weighted by molar-refractivity contribution is 0.104. The van der Waals surface area contributed by atoms with Crippen molar-refractivity contribution in [3.63, 3.8) is 0 Å². The topological polar surface area (TPSA) is 66.0 Å². The van der Waals surface area contributed by atoms with Crippen molar-refractivity contribution in [1.29, 1.82) is 0 Å². The Bertz CT molecular complexity index is 1180. The van der Waals surface area contributed by atoms with Gasteiger partial charge in [-0.1, -0.05) is 24.3 Å². The van der Waals surface area contributed by atoms with Crippen molar-refractivity contribution in [2.45, 2.75) is 31.3 Å². The molecular weight excluding hydrogens is 496 g/mol. The summed E-state index contributed by atoms with van der Waals surface area (Å²) in [6.07, 6.45) is 5.62. The average Bonchev–Trinajstić information content (AvgIpc) is 2.97. The number of pyridine rings is 2. The van der Waals surface area contributed by atoms with Crippen LogP contribution in [0.2, 0.25) is 0 Å². The molecule has 1 N–H and O–H groups in total. The predicted octanol–water partition coefficient (Wildman–Crippen LogP) is 4.63. The fourth-order valence-electron chi connectivity index (χ4n) is 4.91. The summed E-state index contributed by atoms with van der Waals surface area (Å²) in [7, 11) is 1.65. The second kappa shape index (κ2) is 12.8. The molecule has 8 nitrogen and oxygen atoms in total. The van der Waals surface area contributed by atoms with E-state index in [9.17, 15) is 0 Å². The largest absolute Gasteiger partial charge is 0.480 e. The number of hydrogen-bond acceptors (Lipinski definition) is 9. The Kier molecular flexibility index (Phi) is 9.01. The van der Waals surface area contributed by atoms with E-state index in [1.807, 2.05) is 18.6 Å². The Morgan fingerprint density at radius 2 is 1.71 bits per heavy atom. The van der Waals surface area contributed by atoms with Crippen LogP contribution in [0.1, 0.15) is 19.4 Å². The molecule has 0 aliphatic carbocycles. The van der Waals surface area contributed by atoms with Crippen LogP contribution >= 0.6 is 11.9 Å². The van der Waals surface area contributed by atoms with Crippen LogP contribution in [0, 0.1) is 0 Å². The summed E-state index contributed by atoms with van der Waals surface area (Å²) in [5, 5.41) is 0. The quantitative estimate of drug-likeness (QED) is 0.396. The van der Waals surface area contributed by atoms with Gasteiger partial charge in [0.15, 0.2) is 0 Å². The zero-order chi connectivity index (χ0) is 26.3. The maximum Gasteiger partial charge on any atom is 0.229 e. The number of nitrogens with zero attached hydrogens (tertiary/aromatic N) is 5. The third kappa shape index (κ3) is 6.77. The molecule has 2 aliphatic rings. The fourth-order valence-corrected chi connectivity index (χ4v) is 5.65. The lowest BCUT2D eigenvalue weighted by atomic mass is 10.0. The maximum atomic E-state index is 5.51. The van der Waals surface area contributed by atoms with Gasteiger partial charge in [0.1, 0.15) is 0 Å². The highest BCUT2D eigenvalue weighted by Crippen LogP contribution is 2.33. The highest BCUT2D eigenvalue weighted by atomic mass is 32.2. The second-order valence-corrected chi connectivity index (χ2v) is 10.9. The first-order valence-electron chi connectivity index (χ1n) is 13.4. The number of methoxy groups -OCH3 is 1. The van der Waals surface area contributed by atoms with Gasteiger partial charge in [0.05, 0.1) is 49.0 Å². The van der Waals surface area contributed by atoms with Crippen molar-refractivity contribution in [2.75, 3.05) is 69.2 Å². The number of rotatable bonds is 9. The molecule has 4 heterocycles. The Hall–Kier alpha value is -2.85. The SMILES string of the molecule is COc1ncc(N2CCOCC2)cc1SNc1cncc(-c2ccc(CN3CCN(C(C)C)CC3)cc2)c1. The molecule has 38 heavy (non-hydrogen) atoms. The summed E-state index contributed by atoms with van der Waals surface area (Å²) in [6.45, 7) is 13.3. The molecule has 0 radical (unpaired) electrons. The van der Waals surface area contributed by atoms with Gasteiger partial charge in [-0.05, 0) is 49.1 Å². The smallest absolute Gasteiger partial charge is 0.229 e. The molecule has 1 aromatic carbocycles. The van der Waals surface area contributed by atoms with Crippen LogP contribution in [0.25, 0.3) is 11.1 Å². The minimum atomic E-state index is 0.602. The van der Waals surface area contributed by atoms with Gasteiger partial charge in [-0.25, -0.2) is 4.98 Å². The lowest BCUT2D eigenvalue weighted by Crippen LogP contribution is -2.48. The van der Waals surface area contributed by atoms with Gasteiger partial charge in [0.2, 0.25) is 5.88 Å². The molecule has 9 heteroatoms. The summed E-state index contributed by atoms with van der Waals surface area (Å²) in [4.78, 5) is 17.3. The molecule has 2 aliphatic heterocycles. The molecule has 3 aromatic rings. The highest BCUT2D eigenvalue weighted by Gasteiger charge is 2.19. The van der Waals surface area contributed by atoms with Crippen LogP contribution in [0.3, 0.4) is 0 Å². The zero-order valence-corrected chi connectivity index (χ0v) is 23.4. The van der Waals surface area contributed by atoms with Crippen molar-refractivity contribution in [2.24, 2.45) is 0 Å². The molecular formula is C29H38N6O2S. The van der Waals surface area contributed by atoms with E-state index in [-0.39, 0.29) is 0 Å². The first-order chi connectivity index (χ1) is 18.6. The third-order valence-corrected chi connectivity index (χ3v) is 8.07. The van der Waals surface area contributed by atoms with E-state index in [1.165, 1.54) is 17.5 Å². The van der Waals surface area contributed by atoms with Crippen LogP contribution < -0.4 is 14.4 Å². The molecule has 0 bridgehead atoms. The van der Waals surface area contributed by atoms with Gasteiger partial charge in [-0.3, -0.25) is 14.8 Å². The van der Waals surface area contributed by atoms with Gasteiger partial charge < -0.3 is 19.1 Å².